The van der Waals surface area contributed by atoms with Crippen LogP contribution in [0.3, 0.4) is 0 Å². The molecule has 0 atom stereocenters. The molecule has 0 saturated heterocycles. The fraction of sp³-hybridized carbons (Fsp3) is 0.231. The number of carboxylic acids is 1. The second-order valence-corrected chi connectivity index (χ2v) is 3.99. The molecule has 94 valence electrons. The predicted octanol–water partition coefficient (Wildman–Crippen LogP) is 2.23. The van der Waals surface area contributed by atoms with Crippen molar-refractivity contribution < 1.29 is 15.0 Å². The number of nitrogens with zero attached hydrogens (tertiary/aromatic N) is 2. The van der Waals surface area contributed by atoms with Crippen molar-refractivity contribution in [3.63, 3.8) is 0 Å². The van der Waals surface area contributed by atoms with E-state index in [9.17, 15) is 9.90 Å². The van der Waals surface area contributed by atoms with E-state index in [0.29, 0.717) is 0 Å². The van der Waals surface area contributed by atoms with E-state index >= 15 is 0 Å². The minimum absolute atomic E-state index is 0.325. The van der Waals surface area contributed by atoms with Crippen LogP contribution in [0.5, 0.6) is 5.75 Å². The largest absolute Gasteiger partial charge is 0.504 e. The van der Waals surface area contributed by atoms with Crippen molar-refractivity contribution in [3.05, 3.63) is 41.7 Å². The van der Waals surface area contributed by atoms with Crippen molar-refractivity contribution in [2.45, 2.75) is 19.8 Å². The predicted molar refractivity (Wildman–Crippen MR) is 66.2 cm³/mol. The fourth-order valence-electron chi connectivity index (χ4n) is 1.86. The molecular weight excluding hydrogens is 232 g/mol. The molecule has 1 aromatic heterocycles. The number of aromatic nitrogens is 2. The molecule has 0 fully saturated rings. The highest BCUT2D eigenvalue weighted by Crippen LogP contribution is 2.21. The zero-order chi connectivity index (χ0) is 13.1. The Kier molecular flexibility index (Phi) is 3.32. The lowest BCUT2D eigenvalue weighted by Gasteiger charge is -2.07. The van der Waals surface area contributed by atoms with Gasteiger partial charge in [-0.3, -0.25) is 0 Å². The molecule has 0 aliphatic rings. The fourth-order valence-corrected chi connectivity index (χ4v) is 1.86. The number of para-hydroxylation sites is 1. The quantitative estimate of drug-likeness (QED) is 0.867. The van der Waals surface area contributed by atoms with Gasteiger partial charge in [0.2, 0.25) is 5.69 Å². The summed E-state index contributed by atoms with van der Waals surface area (Å²) in [6.07, 6.45) is 3.17. The monoisotopic (exact) mass is 246 g/mol. The van der Waals surface area contributed by atoms with E-state index in [0.717, 1.165) is 24.1 Å². The molecule has 5 nitrogen and oxygen atoms in total. The van der Waals surface area contributed by atoms with E-state index in [4.69, 9.17) is 5.11 Å². The van der Waals surface area contributed by atoms with Crippen molar-refractivity contribution in [1.29, 1.82) is 0 Å². The molecule has 0 bridgehead atoms. The van der Waals surface area contributed by atoms with E-state index in [1.165, 1.54) is 10.9 Å². The van der Waals surface area contributed by atoms with Gasteiger partial charge in [-0.05, 0) is 18.1 Å². The summed E-state index contributed by atoms with van der Waals surface area (Å²) in [7, 11) is 0. The van der Waals surface area contributed by atoms with Gasteiger partial charge in [0, 0.05) is 0 Å². The Morgan fingerprint density at radius 3 is 2.72 bits per heavy atom. The van der Waals surface area contributed by atoms with Crippen LogP contribution in [0.2, 0.25) is 0 Å². The number of hydrogen-bond donors (Lipinski definition) is 2. The highest BCUT2D eigenvalue weighted by Gasteiger charge is 2.16. The average molecular weight is 246 g/mol. The topological polar surface area (TPSA) is 75.4 Å². The number of hydrogen-bond acceptors (Lipinski definition) is 3. The third-order valence-corrected chi connectivity index (χ3v) is 2.66. The number of benzene rings is 1. The molecule has 1 aromatic carbocycles. The maximum Gasteiger partial charge on any atom is 0.360 e. The molecule has 2 rings (SSSR count). The molecular formula is C13H14N2O3. The summed E-state index contributed by atoms with van der Waals surface area (Å²) in [6, 6.07) is 7.60. The Morgan fingerprint density at radius 2 is 2.11 bits per heavy atom. The molecule has 0 unspecified atom stereocenters. The van der Waals surface area contributed by atoms with Crippen LogP contribution in [0, 0.1) is 0 Å². The van der Waals surface area contributed by atoms with Crippen LogP contribution in [-0.2, 0) is 6.42 Å². The third kappa shape index (κ3) is 2.20. The Labute approximate surface area is 104 Å². The van der Waals surface area contributed by atoms with Gasteiger partial charge in [0.25, 0.3) is 0 Å². The normalized spacial score (nSPS) is 10.5. The minimum atomic E-state index is -1.24. The van der Waals surface area contributed by atoms with Gasteiger partial charge in [-0.25, -0.2) is 9.48 Å². The summed E-state index contributed by atoms with van der Waals surface area (Å²) in [5.74, 6) is -1.56. The lowest BCUT2D eigenvalue weighted by Crippen LogP contribution is -2.03. The van der Waals surface area contributed by atoms with Crippen LogP contribution in [0.15, 0.2) is 30.5 Å². The molecule has 1 heterocycles. The number of aromatic carboxylic acids is 1. The second-order valence-electron chi connectivity index (χ2n) is 3.99. The molecule has 0 spiro atoms. The van der Waals surface area contributed by atoms with Gasteiger partial charge in [-0.1, -0.05) is 31.5 Å². The van der Waals surface area contributed by atoms with Gasteiger partial charge >= 0.3 is 5.97 Å². The van der Waals surface area contributed by atoms with Crippen molar-refractivity contribution in [2.24, 2.45) is 0 Å². The molecule has 2 aromatic rings. The summed E-state index contributed by atoms with van der Waals surface area (Å²) in [6.45, 7) is 2.07. The van der Waals surface area contributed by atoms with Crippen LogP contribution >= 0.6 is 0 Å². The van der Waals surface area contributed by atoms with E-state index in [1.54, 1.807) is 0 Å². The first-order chi connectivity index (χ1) is 8.63. The van der Waals surface area contributed by atoms with Crippen LogP contribution < -0.4 is 0 Å². The van der Waals surface area contributed by atoms with Crippen molar-refractivity contribution in [3.8, 4) is 11.4 Å². The zero-order valence-corrected chi connectivity index (χ0v) is 10.00. The third-order valence-electron chi connectivity index (χ3n) is 2.66. The Balaban J connectivity index is 2.48. The van der Waals surface area contributed by atoms with Crippen LogP contribution in [0.25, 0.3) is 5.69 Å². The standard InChI is InChI=1S/C13H14N2O3/c1-2-5-9-6-3-4-7-10(9)15-8-11(16)12(14-15)13(17)18/h3-4,6-8,16H,2,5H2,1H3,(H,17,18). The van der Waals surface area contributed by atoms with Gasteiger partial charge in [-0.2, -0.15) is 5.10 Å². The Hall–Kier alpha value is -2.30. The van der Waals surface area contributed by atoms with Gasteiger partial charge in [0.05, 0.1) is 11.9 Å². The first-order valence-corrected chi connectivity index (χ1v) is 5.73. The van der Waals surface area contributed by atoms with E-state index in [-0.39, 0.29) is 11.4 Å². The molecule has 5 heteroatoms. The lowest BCUT2D eigenvalue weighted by atomic mass is 10.1. The van der Waals surface area contributed by atoms with E-state index < -0.39 is 5.97 Å². The Morgan fingerprint density at radius 1 is 1.39 bits per heavy atom. The first kappa shape index (κ1) is 12.2. The summed E-state index contributed by atoms with van der Waals surface area (Å²) >= 11 is 0. The number of aromatic hydroxyl groups is 1. The number of aryl methyl sites for hydroxylation is 1. The van der Waals surface area contributed by atoms with E-state index in [1.807, 2.05) is 24.3 Å². The van der Waals surface area contributed by atoms with Gasteiger partial charge in [-0.15, -0.1) is 0 Å². The van der Waals surface area contributed by atoms with Crippen LogP contribution in [-0.4, -0.2) is 26.0 Å². The maximum absolute atomic E-state index is 10.8. The summed E-state index contributed by atoms with van der Waals surface area (Å²) in [5, 5.41) is 22.3. The van der Waals surface area contributed by atoms with Crippen molar-refractivity contribution in [1.82, 2.24) is 9.78 Å². The SMILES string of the molecule is CCCc1ccccc1-n1cc(O)c(C(=O)O)n1. The van der Waals surface area contributed by atoms with Gasteiger partial charge < -0.3 is 10.2 Å². The smallest absolute Gasteiger partial charge is 0.360 e. The first-order valence-electron chi connectivity index (χ1n) is 5.73. The zero-order valence-electron chi connectivity index (χ0n) is 10.00. The van der Waals surface area contributed by atoms with E-state index in [2.05, 4.69) is 12.0 Å². The average Bonchev–Trinajstić information content (AvgIpc) is 2.72. The van der Waals surface area contributed by atoms with Crippen molar-refractivity contribution in [2.75, 3.05) is 0 Å². The molecule has 0 amide bonds. The number of carbonyl (C=O) groups is 1. The Bertz CT molecular complexity index is 575. The molecule has 0 saturated carbocycles. The minimum Gasteiger partial charge on any atom is -0.504 e. The molecule has 0 radical (unpaired) electrons. The summed E-state index contributed by atoms with van der Waals surface area (Å²) in [5.41, 5.74) is 1.53. The van der Waals surface area contributed by atoms with Crippen LogP contribution in [0.1, 0.15) is 29.4 Å². The molecule has 0 aliphatic carbocycles. The summed E-state index contributed by atoms with van der Waals surface area (Å²) in [4.78, 5) is 10.8. The number of rotatable bonds is 4. The van der Waals surface area contributed by atoms with Gasteiger partial charge in [0.1, 0.15) is 0 Å². The van der Waals surface area contributed by atoms with Crippen LogP contribution in [0.4, 0.5) is 0 Å². The van der Waals surface area contributed by atoms with Gasteiger partial charge in [0.15, 0.2) is 5.75 Å². The molecule has 0 aliphatic heterocycles. The highest BCUT2D eigenvalue weighted by atomic mass is 16.4. The van der Waals surface area contributed by atoms with Crippen molar-refractivity contribution >= 4 is 5.97 Å². The molecule has 2 N–H and O–H groups in total. The summed E-state index contributed by atoms with van der Waals surface area (Å²) < 4.78 is 1.41. The molecule has 18 heavy (non-hydrogen) atoms. The number of carboxylic acid groups (broad SMARTS) is 1. The lowest BCUT2D eigenvalue weighted by molar-refractivity contribution is 0.0687. The highest BCUT2D eigenvalue weighted by molar-refractivity contribution is 5.88. The maximum atomic E-state index is 10.8. The second kappa shape index (κ2) is 4.91.